The molecule has 2 aliphatic rings. The van der Waals surface area contributed by atoms with Gasteiger partial charge in [-0.2, -0.15) is 13.2 Å². The molecule has 0 atom stereocenters. The Kier molecular flexibility index (Phi) is 6.27. The van der Waals surface area contributed by atoms with Gasteiger partial charge in [-0.15, -0.1) is 0 Å². The monoisotopic (exact) mass is 361 g/mol. The van der Waals surface area contributed by atoms with Crippen LogP contribution in [0, 0.1) is 5.92 Å². The van der Waals surface area contributed by atoms with E-state index in [2.05, 4.69) is 11.6 Å². The second-order valence-corrected chi connectivity index (χ2v) is 6.88. The first kappa shape index (κ1) is 20.2. The Bertz CT molecular complexity index is 764. The minimum absolute atomic E-state index is 0.0302. The van der Waals surface area contributed by atoms with Crippen LogP contribution in [0.1, 0.15) is 47.0 Å². The van der Waals surface area contributed by atoms with E-state index in [1.54, 1.807) is 19.9 Å². The Morgan fingerprint density at radius 2 is 1.88 bits per heavy atom. The molecule has 4 heteroatoms. The van der Waals surface area contributed by atoms with Gasteiger partial charge in [0.15, 0.2) is 0 Å². The summed E-state index contributed by atoms with van der Waals surface area (Å²) in [5, 5.41) is 0. The molecular formula is C22H26F3N. The third-order valence-electron chi connectivity index (χ3n) is 4.66. The van der Waals surface area contributed by atoms with E-state index in [0.717, 1.165) is 30.4 Å². The predicted molar refractivity (Wildman–Crippen MR) is 103 cm³/mol. The zero-order chi connectivity index (χ0) is 19.5. The van der Waals surface area contributed by atoms with Gasteiger partial charge in [0.05, 0.1) is 17.0 Å². The summed E-state index contributed by atoms with van der Waals surface area (Å²) in [6.07, 6.45) is 7.02. The molecule has 0 amide bonds. The molecule has 0 saturated heterocycles. The van der Waals surface area contributed by atoms with Gasteiger partial charge >= 0.3 is 6.18 Å². The van der Waals surface area contributed by atoms with Gasteiger partial charge in [0.2, 0.25) is 0 Å². The van der Waals surface area contributed by atoms with E-state index in [1.165, 1.54) is 13.0 Å². The van der Waals surface area contributed by atoms with Crippen molar-refractivity contribution in [1.29, 1.82) is 0 Å². The molecule has 0 radical (unpaired) electrons. The van der Waals surface area contributed by atoms with E-state index in [-0.39, 0.29) is 5.71 Å². The van der Waals surface area contributed by atoms with Crippen molar-refractivity contribution in [2.45, 2.75) is 53.1 Å². The van der Waals surface area contributed by atoms with Gasteiger partial charge in [-0.1, -0.05) is 30.9 Å². The van der Waals surface area contributed by atoms with Crippen LogP contribution in [0.15, 0.2) is 75.5 Å². The highest BCUT2D eigenvalue weighted by molar-refractivity contribution is 6.01. The summed E-state index contributed by atoms with van der Waals surface area (Å²) in [5.41, 5.74) is 2.95. The van der Waals surface area contributed by atoms with Crippen molar-refractivity contribution in [3.05, 3.63) is 70.5 Å². The number of aliphatic imine (C=N–C) groups is 1. The molecule has 2 aliphatic carbocycles. The van der Waals surface area contributed by atoms with Gasteiger partial charge in [-0.25, -0.2) is 0 Å². The molecular weight excluding hydrogens is 335 g/mol. The fourth-order valence-corrected chi connectivity index (χ4v) is 3.01. The van der Waals surface area contributed by atoms with Crippen molar-refractivity contribution in [3.8, 4) is 0 Å². The Labute approximate surface area is 154 Å². The smallest absolute Gasteiger partial charge is 0.253 e. The van der Waals surface area contributed by atoms with Crippen molar-refractivity contribution >= 4 is 5.71 Å². The molecule has 2 rings (SSSR count). The van der Waals surface area contributed by atoms with Crippen molar-refractivity contribution in [3.63, 3.8) is 0 Å². The average molecular weight is 361 g/mol. The molecule has 0 spiro atoms. The van der Waals surface area contributed by atoms with Crippen molar-refractivity contribution in [2.75, 3.05) is 0 Å². The van der Waals surface area contributed by atoms with Crippen LogP contribution in [0.4, 0.5) is 13.2 Å². The summed E-state index contributed by atoms with van der Waals surface area (Å²) in [6, 6.07) is 0. The van der Waals surface area contributed by atoms with Gasteiger partial charge in [0, 0.05) is 0 Å². The minimum atomic E-state index is -4.47. The number of rotatable bonds is 6. The molecule has 0 bridgehead atoms. The highest BCUT2D eigenvalue weighted by Gasteiger charge is 2.36. The largest absolute Gasteiger partial charge is 0.418 e. The molecule has 0 aromatic heterocycles. The first-order valence-corrected chi connectivity index (χ1v) is 8.89. The fourth-order valence-electron chi connectivity index (χ4n) is 3.01. The van der Waals surface area contributed by atoms with Gasteiger partial charge in [0.1, 0.15) is 0 Å². The van der Waals surface area contributed by atoms with Crippen LogP contribution in [-0.2, 0) is 0 Å². The molecule has 0 aromatic rings. The van der Waals surface area contributed by atoms with E-state index >= 15 is 0 Å². The standard InChI is InChI=1S/C22H26F3N/c1-6-17(19-9-7-8-10-19)13-20(22(23,24)25)16(5)26-21(14(2)3)15(4)18-11-12-18/h6-7,9-10,13,18H,2,8,11-12H2,1,3-5H3/b17-6+,20-13+,21-15+,26-16+. The highest BCUT2D eigenvalue weighted by atomic mass is 19.4. The summed E-state index contributed by atoms with van der Waals surface area (Å²) >= 11 is 0. The molecule has 1 fully saturated rings. The maximum Gasteiger partial charge on any atom is 0.418 e. The topological polar surface area (TPSA) is 12.4 Å². The number of alkyl halides is 3. The van der Waals surface area contributed by atoms with Gasteiger partial charge in [-0.3, -0.25) is 4.99 Å². The molecule has 1 saturated carbocycles. The molecule has 140 valence electrons. The third kappa shape index (κ3) is 4.96. The van der Waals surface area contributed by atoms with Crippen LogP contribution < -0.4 is 0 Å². The number of hydrogen-bond donors (Lipinski definition) is 0. The second kappa shape index (κ2) is 8.07. The van der Waals surface area contributed by atoms with Crippen LogP contribution in [0.5, 0.6) is 0 Å². The van der Waals surface area contributed by atoms with E-state index in [4.69, 9.17) is 0 Å². The average Bonchev–Trinajstić information content (AvgIpc) is 3.27. The van der Waals surface area contributed by atoms with E-state index in [0.29, 0.717) is 22.8 Å². The Morgan fingerprint density at radius 3 is 2.31 bits per heavy atom. The van der Waals surface area contributed by atoms with E-state index in [9.17, 15) is 13.2 Å². The van der Waals surface area contributed by atoms with Gasteiger partial charge in [-0.05, 0) is 81.2 Å². The van der Waals surface area contributed by atoms with Crippen LogP contribution in [0.2, 0.25) is 0 Å². The summed E-state index contributed by atoms with van der Waals surface area (Å²) in [7, 11) is 0. The first-order chi connectivity index (χ1) is 12.1. The predicted octanol–water partition coefficient (Wildman–Crippen LogP) is 7.03. The molecule has 26 heavy (non-hydrogen) atoms. The quantitative estimate of drug-likeness (QED) is 0.356. The molecule has 0 aliphatic heterocycles. The van der Waals surface area contributed by atoms with E-state index in [1.807, 2.05) is 25.2 Å². The molecule has 0 N–H and O–H groups in total. The summed E-state index contributed by atoms with van der Waals surface area (Å²) < 4.78 is 41.2. The first-order valence-electron chi connectivity index (χ1n) is 8.89. The SMILES string of the molecule is C=C(C)C(/N=C(C)/C(=C\C(=C/C)C1=CCC=C1)C(F)(F)F)=C(/C)C1CC1. The lowest BCUT2D eigenvalue weighted by Crippen LogP contribution is -2.19. The summed E-state index contributed by atoms with van der Waals surface area (Å²) in [4.78, 5) is 4.36. The number of halogens is 3. The van der Waals surface area contributed by atoms with E-state index < -0.39 is 11.7 Å². The molecule has 0 unspecified atom stereocenters. The molecule has 0 heterocycles. The minimum Gasteiger partial charge on any atom is -0.253 e. The zero-order valence-corrected chi connectivity index (χ0v) is 15.9. The van der Waals surface area contributed by atoms with Crippen LogP contribution in [0.3, 0.4) is 0 Å². The number of allylic oxidation sites excluding steroid dienone is 10. The second-order valence-electron chi connectivity index (χ2n) is 6.88. The lowest BCUT2D eigenvalue weighted by molar-refractivity contribution is -0.0861. The Morgan fingerprint density at radius 1 is 1.23 bits per heavy atom. The van der Waals surface area contributed by atoms with Crippen LogP contribution in [0.25, 0.3) is 0 Å². The number of hydrogen-bond acceptors (Lipinski definition) is 1. The highest BCUT2D eigenvalue weighted by Crippen LogP contribution is 2.39. The molecule has 1 nitrogen and oxygen atoms in total. The van der Waals surface area contributed by atoms with Crippen molar-refractivity contribution in [1.82, 2.24) is 0 Å². The fraction of sp³-hybridized carbons (Fsp3) is 0.409. The van der Waals surface area contributed by atoms with Crippen LogP contribution >= 0.6 is 0 Å². The summed E-state index contributed by atoms with van der Waals surface area (Å²) in [5.74, 6) is 0.427. The molecule has 0 aromatic carbocycles. The maximum atomic E-state index is 13.7. The van der Waals surface area contributed by atoms with Gasteiger partial charge in [0.25, 0.3) is 0 Å². The Balaban J connectivity index is 2.49. The normalized spacial score (nSPS) is 20.3. The van der Waals surface area contributed by atoms with Gasteiger partial charge < -0.3 is 0 Å². The third-order valence-corrected chi connectivity index (χ3v) is 4.66. The maximum absolute atomic E-state index is 13.7. The lowest BCUT2D eigenvalue weighted by Gasteiger charge is -2.15. The van der Waals surface area contributed by atoms with Crippen LogP contribution in [-0.4, -0.2) is 11.9 Å². The van der Waals surface area contributed by atoms with Crippen molar-refractivity contribution < 1.29 is 13.2 Å². The number of nitrogens with zero attached hydrogens (tertiary/aromatic N) is 1. The Hall–Kier alpha value is -2.10. The zero-order valence-electron chi connectivity index (χ0n) is 15.9. The van der Waals surface area contributed by atoms with Crippen molar-refractivity contribution in [2.24, 2.45) is 10.9 Å². The lowest BCUT2D eigenvalue weighted by atomic mass is 10.0. The summed E-state index contributed by atoms with van der Waals surface area (Å²) in [6.45, 7) is 10.8.